The smallest absolute Gasteiger partial charge is 0.282 e. The molecule has 0 radical (unpaired) electrons. The highest BCUT2D eigenvalue weighted by molar-refractivity contribution is 6.38. The molecule has 14 heteroatoms. The van der Waals surface area contributed by atoms with E-state index < -0.39 is 23.9 Å². The zero-order chi connectivity index (χ0) is 25.5. The molecule has 184 valence electrons. The van der Waals surface area contributed by atoms with Crippen LogP contribution < -0.4 is 10.6 Å². The monoisotopic (exact) mass is 544 g/mol. The topological polar surface area (TPSA) is 110 Å². The quantitative estimate of drug-likeness (QED) is 0.285. The fraction of sp³-hybridized carbons (Fsp3) is 0.190. The summed E-state index contributed by atoms with van der Waals surface area (Å²) in [5.74, 6) is -1.58. The minimum Gasteiger partial charge on any atom is -0.396 e. The van der Waals surface area contributed by atoms with Gasteiger partial charge in [-0.15, -0.1) is 0 Å². The molecule has 2 amide bonds. The lowest BCUT2D eigenvalue weighted by Gasteiger charge is -2.14. The molecule has 0 aliphatic heterocycles. The second kappa shape index (κ2) is 11.9. The maximum atomic E-state index is 13.4. The van der Waals surface area contributed by atoms with Crippen molar-refractivity contribution in [2.24, 2.45) is 5.16 Å². The SMILES string of the molecule is CCO/N=C/CNC(=O)c1cc(Cl)cc(Cl)c1NC(=O)c1cc(C(F)F)nn1-c1ncccc1Cl. The molecule has 3 aromatic rings. The van der Waals surface area contributed by atoms with Crippen molar-refractivity contribution in [3.63, 3.8) is 0 Å². The van der Waals surface area contributed by atoms with Crippen molar-refractivity contribution in [3.05, 3.63) is 68.5 Å². The highest BCUT2D eigenvalue weighted by Crippen LogP contribution is 2.31. The maximum absolute atomic E-state index is 13.4. The lowest BCUT2D eigenvalue weighted by atomic mass is 10.1. The Labute approximate surface area is 213 Å². The molecule has 0 spiro atoms. The van der Waals surface area contributed by atoms with Crippen LogP contribution in [0.1, 0.15) is 39.9 Å². The molecular formula is C21H17Cl3F2N6O3. The molecule has 0 atom stereocenters. The molecule has 0 saturated heterocycles. The number of carbonyl (C=O) groups is 2. The summed E-state index contributed by atoms with van der Waals surface area (Å²) in [6.07, 6.45) is -0.281. The first-order valence-electron chi connectivity index (χ1n) is 9.94. The summed E-state index contributed by atoms with van der Waals surface area (Å²) in [6, 6.07) is 6.47. The third-order valence-corrected chi connectivity index (χ3v) is 5.11. The predicted octanol–water partition coefficient (Wildman–Crippen LogP) is 5.17. The number of carbonyl (C=O) groups excluding carboxylic acids is 2. The van der Waals surface area contributed by atoms with E-state index in [1.54, 1.807) is 6.92 Å². The second-order valence-electron chi connectivity index (χ2n) is 6.66. The van der Waals surface area contributed by atoms with Crippen molar-refractivity contribution >= 4 is 58.5 Å². The Balaban J connectivity index is 1.96. The normalized spacial score (nSPS) is 11.2. The number of alkyl halides is 2. The van der Waals surface area contributed by atoms with E-state index in [9.17, 15) is 18.4 Å². The molecule has 3 rings (SSSR count). The summed E-state index contributed by atoms with van der Waals surface area (Å²) in [5, 5.41) is 12.5. The number of benzene rings is 1. The van der Waals surface area contributed by atoms with E-state index in [1.807, 2.05) is 0 Å². The van der Waals surface area contributed by atoms with Crippen LogP contribution in [0.15, 0.2) is 41.7 Å². The second-order valence-corrected chi connectivity index (χ2v) is 7.91. The van der Waals surface area contributed by atoms with Gasteiger partial charge in [-0.2, -0.15) is 5.10 Å². The number of hydrogen-bond donors (Lipinski definition) is 2. The zero-order valence-electron chi connectivity index (χ0n) is 17.9. The van der Waals surface area contributed by atoms with Gasteiger partial charge < -0.3 is 15.5 Å². The van der Waals surface area contributed by atoms with Gasteiger partial charge in [0.05, 0.1) is 34.1 Å². The van der Waals surface area contributed by atoms with Crippen molar-refractivity contribution in [1.82, 2.24) is 20.1 Å². The summed E-state index contributed by atoms with van der Waals surface area (Å²) in [6.45, 7) is 2.12. The van der Waals surface area contributed by atoms with Gasteiger partial charge in [-0.1, -0.05) is 40.0 Å². The minimum absolute atomic E-state index is 0.0129. The molecule has 0 saturated carbocycles. The zero-order valence-corrected chi connectivity index (χ0v) is 20.2. The van der Waals surface area contributed by atoms with Gasteiger partial charge in [0.1, 0.15) is 18.0 Å². The molecule has 0 fully saturated rings. The molecular weight excluding hydrogens is 529 g/mol. The van der Waals surface area contributed by atoms with E-state index in [2.05, 4.69) is 25.9 Å². The van der Waals surface area contributed by atoms with Crippen molar-refractivity contribution in [2.45, 2.75) is 13.3 Å². The standard InChI is InChI=1S/C21H17Cl3F2N6O3/c1-2-35-29-7-6-28-20(33)12-8-11(22)9-14(24)17(12)30-21(34)16-10-15(18(25)26)31-32(16)19-13(23)4-3-5-27-19/h3-5,7-10,18H,2,6H2,1H3,(H,28,33)(H,30,34)/b29-7+. The summed E-state index contributed by atoms with van der Waals surface area (Å²) < 4.78 is 27.6. The number of aromatic nitrogens is 3. The Morgan fingerprint density at radius 2 is 1.97 bits per heavy atom. The Morgan fingerprint density at radius 3 is 2.66 bits per heavy atom. The third-order valence-electron chi connectivity index (χ3n) is 4.29. The molecule has 0 aliphatic rings. The van der Waals surface area contributed by atoms with Gasteiger partial charge in [0.15, 0.2) is 5.82 Å². The molecule has 0 aliphatic carbocycles. The number of halogens is 5. The van der Waals surface area contributed by atoms with Crippen molar-refractivity contribution in [2.75, 3.05) is 18.5 Å². The summed E-state index contributed by atoms with van der Waals surface area (Å²) in [5.41, 5.74) is -1.16. The number of oxime groups is 1. The van der Waals surface area contributed by atoms with Gasteiger partial charge in [-0.05, 0) is 37.3 Å². The number of pyridine rings is 1. The lowest BCUT2D eigenvalue weighted by molar-refractivity contribution is 0.0960. The number of hydrogen-bond acceptors (Lipinski definition) is 6. The van der Waals surface area contributed by atoms with E-state index in [4.69, 9.17) is 39.6 Å². The first-order valence-corrected chi connectivity index (χ1v) is 11.1. The van der Waals surface area contributed by atoms with E-state index in [0.717, 1.165) is 10.7 Å². The number of anilines is 1. The highest BCUT2D eigenvalue weighted by Gasteiger charge is 2.25. The van der Waals surface area contributed by atoms with Crippen LogP contribution in [-0.2, 0) is 4.84 Å². The van der Waals surface area contributed by atoms with Gasteiger partial charge >= 0.3 is 0 Å². The Morgan fingerprint density at radius 1 is 1.20 bits per heavy atom. The molecule has 2 heterocycles. The average Bonchev–Trinajstić information content (AvgIpc) is 3.26. The molecule has 9 nitrogen and oxygen atoms in total. The number of amides is 2. The van der Waals surface area contributed by atoms with Crippen LogP contribution in [0, 0.1) is 0 Å². The van der Waals surface area contributed by atoms with Crippen molar-refractivity contribution in [1.29, 1.82) is 0 Å². The van der Waals surface area contributed by atoms with Crippen LogP contribution in [-0.4, -0.2) is 45.9 Å². The molecule has 0 unspecified atom stereocenters. The molecule has 1 aromatic carbocycles. The van der Waals surface area contributed by atoms with E-state index >= 15 is 0 Å². The molecule has 2 N–H and O–H groups in total. The van der Waals surface area contributed by atoms with Crippen LogP contribution in [0.4, 0.5) is 14.5 Å². The minimum atomic E-state index is -2.97. The van der Waals surface area contributed by atoms with Crippen LogP contribution in [0.25, 0.3) is 5.82 Å². The Bertz CT molecular complexity index is 1270. The summed E-state index contributed by atoms with van der Waals surface area (Å²) >= 11 is 18.4. The first kappa shape index (κ1) is 26.3. The van der Waals surface area contributed by atoms with Crippen LogP contribution in [0.2, 0.25) is 15.1 Å². The van der Waals surface area contributed by atoms with Crippen molar-refractivity contribution in [3.8, 4) is 5.82 Å². The van der Waals surface area contributed by atoms with Gasteiger partial charge in [0.25, 0.3) is 18.2 Å². The number of nitrogens with zero attached hydrogens (tertiary/aromatic N) is 4. The predicted molar refractivity (Wildman–Crippen MR) is 128 cm³/mol. The average molecular weight is 546 g/mol. The maximum Gasteiger partial charge on any atom is 0.282 e. The fourth-order valence-corrected chi connectivity index (χ4v) is 3.56. The van der Waals surface area contributed by atoms with Crippen molar-refractivity contribution < 1.29 is 23.2 Å². The fourth-order valence-electron chi connectivity index (χ4n) is 2.82. The number of nitrogens with one attached hydrogen (secondary N) is 2. The molecule has 35 heavy (non-hydrogen) atoms. The van der Waals surface area contributed by atoms with Crippen LogP contribution in [0.5, 0.6) is 0 Å². The van der Waals surface area contributed by atoms with Gasteiger partial charge in [-0.25, -0.2) is 18.4 Å². The van der Waals surface area contributed by atoms with Gasteiger partial charge in [0, 0.05) is 11.2 Å². The molecule has 2 aromatic heterocycles. The first-order chi connectivity index (χ1) is 16.7. The number of rotatable bonds is 9. The highest BCUT2D eigenvalue weighted by atomic mass is 35.5. The van der Waals surface area contributed by atoms with Gasteiger partial charge in [0.2, 0.25) is 0 Å². The Hall–Kier alpha value is -3.28. The van der Waals surface area contributed by atoms with Crippen LogP contribution >= 0.6 is 34.8 Å². The van der Waals surface area contributed by atoms with E-state index in [1.165, 1.54) is 36.7 Å². The molecule has 0 bridgehead atoms. The summed E-state index contributed by atoms with van der Waals surface area (Å²) in [4.78, 5) is 34.7. The Kier molecular flexibility index (Phi) is 8.96. The largest absolute Gasteiger partial charge is 0.396 e. The lowest BCUT2D eigenvalue weighted by Crippen LogP contribution is -2.27. The summed E-state index contributed by atoms with van der Waals surface area (Å²) in [7, 11) is 0. The van der Waals surface area contributed by atoms with Gasteiger partial charge in [-0.3, -0.25) is 9.59 Å². The van der Waals surface area contributed by atoms with E-state index in [-0.39, 0.29) is 44.4 Å². The van der Waals surface area contributed by atoms with Crippen LogP contribution in [0.3, 0.4) is 0 Å². The van der Waals surface area contributed by atoms with E-state index in [0.29, 0.717) is 6.61 Å². The third kappa shape index (κ3) is 6.44.